The first kappa shape index (κ1) is 24.9. The number of benzene rings is 1. The molecular formula is C25H35Cl2NO2S. The number of anilines is 1. The zero-order valence-corrected chi connectivity index (χ0v) is 21.3. The van der Waals surface area contributed by atoms with E-state index in [1.54, 1.807) is 12.1 Å². The maximum Gasteiger partial charge on any atom is 0.230 e. The van der Waals surface area contributed by atoms with Crippen LogP contribution < -0.4 is 4.90 Å². The predicted octanol–water partition coefficient (Wildman–Crippen LogP) is 8.15. The van der Waals surface area contributed by atoms with Crippen LogP contribution in [0.15, 0.2) is 17.0 Å². The lowest BCUT2D eigenvalue weighted by molar-refractivity contribution is -0.123. The largest absolute Gasteiger partial charge is 0.311 e. The fraction of sp³-hybridized carbons (Fsp3) is 0.680. The number of halogens is 2. The van der Waals surface area contributed by atoms with Crippen LogP contribution in [-0.4, -0.2) is 17.6 Å². The second kappa shape index (κ2) is 10.9. The van der Waals surface area contributed by atoms with Gasteiger partial charge in [0, 0.05) is 22.8 Å². The third kappa shape index (κ3) is 6.65. The van der Waals surface area contributed by atoms with E-state index in [0.29, 0.717) is 22.5 Å². The fourth-order valence-electron chi connectivity index (χ4n) is 4.57. The van der Waals surface area contributed by atoms with Gasteiger partial charge in [-0.15, -0.1) is 0 Å². The number of hydrogen-bond donors (Lipinski definition) is 0. The van der Waals surface area contributed by atoms with Crippen molar-refractivity contribution < 1.29 is 9.59 Å². The minimum absolute atomic E-state index is 0.0508. The maximum atomic E-state index is 13.8. The molecule has 0 spiro atoms. The van der Waals surface area contributed by atoms with Gasteiger partial charge >= 0.3 is 0 Å². The Balaban J connectivity index is 1.98. The summed E-state index contributed by atoms with van der Waals surface area (Å²) in [5, 5.41) is 0.890. The molecule has 2 aliphatic carbocycles. The lowest BCUT2D eigenvalue weighted by atomic mass is 9.86. The molecule has 2 aliphatic rings. The summed E-state index contributed by atoms with van der Waals surface area (Å²) < 4.78 is 0. The van der Waals surface area contributed by atoms with E-state index in [1.165, 1.54) is 37.4 Å². The van der Waals surface area contributed by atoms with Gasteiger partial charge in [0.2, 0.25) is 5.91 Å². The molecule has 6 heteroatoms. The molecule has 2 saturated carbocycles. The Labute approximate surface area is 201 Å². The van der Waals surface area contributed by atoms with Crippen LogP contribution in [0.25, 0.3) is 0 Å². The topological polar surface area (TPSA) is 37.4 Å². The second-order valence-electron chi connectivity index (χ2n) is 10.2. The van der Waals surface area contributed by atoms with Gasteiger partial charge in [-0.3, -0.25) is 9.59 Å². The highest BCUT2D eigenvalue weighted by Gasteiger charge is 2.32. The van der Waals surface area contributed by atoms with Crippen LogP contribution in [0.2, 0.25) is 10.0 Å². The lowest BCUT2D eigenvalue weighted by Gasteiger charge is -2.34. The van der Waals surface area contributed by atoms with Gasteiger partial charge in [0.1, 0.15) is 0 Å². The highest BCUT2D eigenvalue weighted by atomic mass is 35.5. The summed E-state index contributed by atoms with van der Waals surface area (Å²) in [4.78, 5) is 29.3. The smallest absolute Gasteiger partial charge is 0.230 e. The van der Waals surface area contributed by atoms with Crippen molar-refractivity contribution in [2.75, 3.05) is 11.4 Å². The quantitative estimate of drug-likeness (QED) is 0.396. The molecule has 1 aromatic rings. The Hall–Kier alpha value is -0.710. The summed E-state index contributed by atoms with van der Waals surface area (Å²) in [5.41, 5.74) is 0.258. The average molecular weight is 485 g/mol. The monoisotopic (exact) mass is 483 g/mol. The first-order valence-electron chi connectivity index (χ1n) is 11.7. The standard InChI is InChI=1S/C25H35Cl2NO2S/c1-25(2,3)24(30)31-22-15-20(27)19(26)14-21(22)28(16-17-10-6-4-7-11-17)23(29)18-12-8-5-9-13-18/h14-15,17-18H,4-13,16H2,1-3H3. The molecule has 3 nitrogen and oxygen atoms in total. The van der Waals surface area contributed by atoms with Crippen molar-refractivity contribution in [1.29, 1.82) is 0 Å². The van der Waals surface area contributed by atoms with E-state index in [2.05, 4.69) is 0 Å². The third-order valence-electron chi connectivity index (χ3n) is 6.49. The van der Waals surface area contributed by atoms with Crippen molar-refractivity contribution in [3.05, 3.63) is 22.2 Å². The molecule has 0 aliphatic heterocycles. The van der Waals surface area contributed by atoms with Crippen molar-refractivity contribution >= 4 is 51.7 Å². The second-order valence-corrected chi connectivity index (χ2v) is 12.0. The maximum absolute atomic E-state index is 13.8. The summed E-state index contributed by atoms with van der Waals surface area (Å²) in [6, 6.07) is 3.56. The molecule has 31 heavy (non-hydrogen) atoms. The van der Waals surface area contributed by atoms with Gasteiger partial charge in [0.15, 0.2) is 5.12 Å². The van der Waals surface area contributed by atoms with Gasteiger partial charge in [-0.05, 0) is 55.5 Å². The van der Waals surface area contributed by atoms with Crippen LogP contribution in [0.1, 0.15) is 85.0 Å². The molecule has 0 radical (unpaired) electrons. The number of rotatable bonds is 5. The lowest BCUT2D eigenvalue weighted by Crippen LogP contribution is -2.41. The van der Waals surface area contributed by atoms with Crippen molar-refractivity contribution in [3.63, 3.8) is 0 Å². The van der Waals surface area contributed by atoms with Gasteiger partial charge in [-0.2, -0.15) is 0 Å². The highest BCUT2D eigenvalue weighted by molar-refractivity contribution is 8.13. The Kier molecular flexibility index (Phi) is 8.80. The van der Waals surface area contributed by atoms with E-state index in [4.69, 9.17) is 23.2 Å². The first-order chi connectivity index (χ1) is 14.7. The summed E-state index contributed by atoms with van der Waals surface area (Å²) in [7, 11) is 0. The molecule has 3 rings (SSSR count). The predicted molar refractivity (Wildman–Crippen MR) is 132 cm³/mol. The number of nitrogens with zero attached hydrogens (tertiary/aromatic N) is 1. The number of carbonyl (C=O) groups excluding carboxylic acids is 2. The molecule has 1 aromatic carbocycles. The molecular weight excluding hydrogens is 449 g/mol. The minimum Gasteiger partial charge on any atom is -0.311 e. The van der Waals surface area contributed by atoms with E-state index in [0.717, 1.165) is 49.1 Å². The van der Waals surface area contributed by atoms with Gasteiger partial charge in [-0.1, -0.05) is 82.5 Å². The summed E-state index contributed by atoms with van der Waals surface area (Å²) in [6.07, 6.45) is 11.4. The van der Waals surface area contributed by atoms with Crippen LogP contribution in [0, 0.1) is 17.3 Å². The van der Waals surface area contributed by atoms with Crippen LogP contribution in [0.5, 0.6) is 0 Å². The van der Waals surface area contributed by atoms with Crippen molar-refractivity contribution in [2.45, 2.75) is 89.9 Å². The third-order valence-corrected chi connectivity index (χ3v) is 8.56. The average Bonchev–Trinajstić information content (AvgIpc) is 2.75. The molecule has 2 fully saturated rings. The number of carbonyl (C=O) groups is 2. The van der Waals surface area contributed by atoms with Crippen LogP contribution in [-0.2, 0) is 9.59 Å². The van der Waals surface area contributed by atoms with E-state index in [1.807, 2.05) is 25.7 Å². The molecule has 0 heterocycles. The number of hydrogen-bond acceptors (Lipinski definition) is 3. The molecule has 0 saturated heterocycles. The normalized spacial score (nSPS) is 18.7. The summed E-state index contributed by atoms with van der Waals surface area (Å²) in [5.74, 6) is 0.739. The van der Waals surface area contributed by atoms with E-state index in [9.17, 15) is 9.59 Å². The van der Waals surface area contributed by atoms with Crippen molar-refractivity contribution in [3.8, 4) is 0 Å². The Morgan fingerprint density at radius 1 is 0.935 bits per heavy atom. The summed E-state index contributed by atoms with van der Waals surface area (Å²) in [6.45, 7) is 6.43. The van der Waals surface area contributed by atoms with Crippen LogP contribution >= 0.6 is 35.0 Å². The molecule has 0 atom stereocenters. The van der Waals surface area contributed by atoms with Gasteiger partial charge in [-0.25, -0.2) is 0 Å². The molecule has 1 amide bonds. The molecule has 0 aromatic heterocycles. The van der Waals surface area contributed by atoms with Crippen molar-refractivity contribution in [1.82, 2.24) is 0 Å². The molecule has 0 unspecified atom stereocenters. The zero-order chi connectivity index (χ0) is 22.6. The van der Waals surface area contributed by atoms with E-state index >= 15 is 0 Å². The van der Waals surface area contributed by atoms with Crippen LogP contribution in [0.4, 0.5) is 5.69 Å². The zero-order valence-electron chi connectivity index (χ0n) is 19.0. The first-order valence-corrected chi connectivity index (χ1v) is 13.3. The number of thioether (sulfide) groups is 1. The van der Waals surface area contributed by atoms with Gasteiger partial charge in [0.25, 0.3) is 0 Å². The molecule has 172 valence electrons. The van der Waals surface area contributed by atoms with Gasteiger partial charge < -0.3 is 4.90 Å². The molecule has 0 N–H and O–H groups in total. The van der Waals surface area contributed by atoms with E-state index < -0.39 is 5.41 Å². The Bertz CT molecular complexity index is 793. The number of amides is 1. The SMILES string of the molecule is CC(C)(C)C(=O)Sc1cc(Cl)c(Cl)cc1N(CC1CCCCC1)C(=O)C1CCCCC1. The minimum atomic E-state index is -0.490. The summed E-state index contributed by atoms with van der Waals surface area (Å²) >= 11 is 14.0. The Morgan fingerprint density at radius 2 is 1.48 bits per heavy atom. The fourth-order valence-corrected chi connectivity index (χ4v) is 5.91. The van der Waals surface area contributed by atoms with E-state index in [-0.39, 0.29) is 16.9 Å². The molecule has 0 bridgehead atoms. The van der Waals surface area contributed by atoms with Crippen molar-refractivity contribution in [2.24, 2.45) is 17.3 Å². The Morgan fingerprint density at radius 3 is 2.06 bits per heavy atom. The van der Waals surface area contributed by atoms with Crippen LogP contribution in [0.3, 0.4) is 0 Å². The van der Waals surface area contributed by atoms with Gasteiger partial charge in [0.05, 0.1) is 15.7 Å². The highest BCUT2D eigenvalue weighted by Crippen LogP contribution is 2.42.